The van der Waals surface area contributed by atoms with E-state index >= 15 is 0 Å². The van der Waals surface area contributed by atoms with Crippen molar-refractivity contribution >= 4 is 35.0 Å². The topological polar surface area (TPSA) is 51.0 Å². The summed E-state index contributed by atoms with van der Waals surface area (Å²) in [6, 6.07) is 15.3. The van der Waals surface area contributed by atoms with Crippen molar-refractivity contribution in [3.05, 3.63) is 78.1 Å². The Kier molecular flexibility index (Phi) is 6.32. The van der Waals surface area contributed by atoms with E-state index in [-0.39, 0.29) is 11.7 Å². The highest BCUT2D eigenvalue weighted by molar-refractivity contribution is 7.99. The average Bonchev–Trinajstić information content (AvgIpc) is 3.15. The average molecular weight is 399 g/mol. The van der Waals surface area contributed by atoms with E-state index in [0.29, 0.717) is 16.7 Å². The van der Waals surface area contributed by atoms with Gasteiger partial charge in [-0.15, -0.1) is 16.8 Å². The normalized spacial score (nSPS) is 10.6. The maximum atomic E-state index is 12.8. The molecule has 0 saturated carbocycles. The van der Waals surface area contributed by atoms with E-state index in [1.54, 1.807) is 17.3 Å². The monoisotopic (exact) mass is 398 g/mol. The van der Waals surface area contributed by atoms with Gasteiger partial charge in [0.25, 0.3) is 0 Å². The van der Waals surface area contributed by atoms with Crippen LogP contribution in [0.5, 0.6) is 0 Å². The summed E-state index contributed by atoms with van der Waals surface area (Å²) >= 11 is 7.56. The van der Waals surface area contributed by atoms with E-state index in [4.69, 9.17) is 11.6 Å². The van der Waals surface area contributed by atoms with Crippen molar-refractivity contribution in [2.24, 2.45) is 0 Å². The number of hydrogen-bond donors (Lipinski definition) is 0. The highest BCUT2D eigenvalue weighted by atomic mass is 35.5. The van der Waals surface area contributed by atoms with Gasteiger partial charge < -0.3 is 4.90 Å². The molecule has 27 heavy (non-hydrogen) atoms. The maximum Gasteiger partial charge on any atom is 0.237 e. The molecule has 0 saturated heterocycles. The van der Waals surface area contributed by atoms with Crippen molar-refractivity contribution in [2.45, 2.75) is 12.1 Å². The first-order chi connectivity index (χ1) is 13.1. The molecule has 1 heterocycles. The number of aromatic nitrogens is 3. The summed E-state index contributed by atoms with van der Waals surface area (Å²) in [4.78, 5) is 14.5. The van der Waals surface area contributed by atoms with Crippen LogP contribution >= 0.6 is 23.4 Å². The van der Waals surface area contributed by atoms with Crippen LogP contribution in [0.1, 0.15) is 5.56 Å². The Balaban J connectivity index is 1.75. The van der Waals surface area contributed by atoms with Gasteiger partial charge in [-0.3, -0.25) is 9.36 Å². The molecule has 2 aromatic carbocycles. The molecule has 0 fully saturated rings. The molecule has 0 bridgehead atoms. The van der Waals surface area contributed by atoms with Crippen molar-refractivity contribution in [3.63, 3.8) is 0 Å². The van der Waals surface area contributed by atoms with Crippen LogP contribution in [0.2, 0.25) is 5.02 Å². The van der Waals surface area contributed by atoms with E-state index in [9.17, 15) is 4.79 Å². The first-order valence-corrected chi connectivity index (χ1v) is 9.72. The number of hydrogen-bond acceptors (Lipinski definition) is 4. The van der Waals surface area contributed by atoms with E-state index < -0.39 is 0 Å². The van der Waals surface area contributed by atoms with Gasteiger partial charge >= 0.3 is 0 Å². The van der Waals surface area contributed by atoms with Crippen molar-refractivity contribution in [3.8, 4) is 5.69 Å². The largest absolute Gasteiger partial charge is 0.308 e. The van der Waals surface area contributed by atoms with Crippen LogP contribution in [0.3, 0.4) is 0 Å². The predicted molar refractivity (Wildman–Crippen MR) is 111 cm³/mol. The molecule has 1 amide bonds. The van der Waals surface area contributed by atoms with Crippen molar-refractivity contribution in [1.29, 1.82) is 0 Å². The third-order valence-corrected chi connectivity index (χ3v) is 5.29. The van der Waals surface area contributed by atoms with Gasteiger partial charge in [0, 0.05) is 17.3 Å². The number of halogens is 1. The van der Waals surface area contributed by atoms with E-state index in [1.807, 2.05) is 60.0 Å². The number of benzene rings is 2. The summed E-state index contributed by atoms with van der Waals surface area (Å²) in [7, 11) is 0. The van der Waals surface area contributed by atoms with Crippen LogP contribution in [0.15, 0.2) is 72.7 Å². The van der Waals surface area contributed by atoms with Gasteiger partial charge in [0.2, 0.25) is 5.91 Å². The Morgan fingerprint density at radius 1 is 1.30 bits per heavy atom. The number of para-hydroxylation sites is 1. The van der Waals surface area contributed by atoms with Crippen LogP contribution in [-0.2, 0) is 4.79 Å². The van der Waals surface area contributed by atoms with Crippen LogP contribution in [-0.4, -0.2) is 33.0 Å². The summed E-state index contributed by atoms with van der Waals surface area (Å²) in [6.45, 7) is 6.14. The van der Waals surface area contributed by atoms with E-state index in [1.165, 1.54) is 11.8 Å². The number of thioether (sulfide) groups is 1. The molecule has 138 valence electrons. The zero-order chi connectivity index (χ0) is 19.2. The van der Waals surface area contributed by atoms with Crippen LogP contribution < -0.4 is 4.90 Å². The van der Waals surface area contributed by atoms with Gasteiger partial charge in [-0.2, -0.15) is 0 Å². The lowest BCUT2D eigenvalue weighted by Gasteiger charge is -2.21. The number of aryl methyl sites for hydroxylation is 1. The molecule has 0 aliphatic carbocycles. The van der Waals surface area contributed by atoms with Gasteiger partial charge in [-0.25, -0.2) is 0 Å². The lowest BCUT2D eigenvalue weighted by Crippen LogP contribution is -2.32. The van der Waals surface area contributed by atoms with Crippen molar-refractivity contribution in [2.75, 3.05) is 17.2 Å². The fourth-order valence-corrected chi connectivity index (χ4v) is 3.50. The Morgan fingerprint density at radius 2 is 2.07 bits per heavy atom. The minimum Gasteiger partial charge on any atom is -0.308 e. The van der Waals surface area contributed by atoms with E-state index in [0.717, 1.165) is 16.9 Å². The molecule has 0 aliphatic rings. The number of nitrogens with zero attached hydrogens (tertiary/aromatic N) is 4. The molecule has 0 aliphatic heterocycles. The third-order valence-electron chi connectivity index (χ3n) is 3.96. The quantitative estimate of drug-likeness (QED) is 0.433. The SMILES string of the molecule is C=CCN(C(=O)CSc1nncn1-c1ccc(C)c(Cl)c1)c1ccccc1. The van der Waals surface area contributed by atoms with Gasteiger partial charge in [0.1, 0.15) is 6.33 Å². The summed E-state index contributed by atoms with van der Waals surface area (Å²) in [6.07, 6.45) is 3.33. The standard InChI is InChI=1S/C20H19ClN4OS/c1-3-11-24(16-7-5-4-6-8-16)19(26)13-27-20-23-22-14-25(20)17-10-9-15(2)18(21)12-17/h3-10,12,14H,1,11,13H2,2H3. The molecule has 7 heteroatoms. The second-order valence-electron chi connectivity index (χ2n) is 5.83. The molecule has 3 rings (SSSR count). The summed E-state index contributed by atoms with van der Waals surface area (Å²) < 4.78 is 1.82. The molecule has 0 N–H and O–H groups in total. The second kappa shape index (κ2) is 8.88. The highest BCUT2D eigenvalue weighted by Gasteiger charge is 2.17. The fraction of sp³-hybridized carbons (Fsp3) is 0.150. The zero-order valence-corrected chi connectivity index (χ0v) is 16.5. The maximum absolute atomic E-state index is 12.8. The summed E-state index contributed by atoms with van der Waals surface area (Å²) in [5.41, 5.74) is 2.70. The molecular weight excluding hydrogens is 380 g/mol. The van der Waals surface area contributed by atoms with Crippen LogP contribution in [0.4, 0.5) is 5.69 Å². The molecule has 0 unspecified atom stereocenters. The molecular formula is C20H19ClN4OS. The molecule has 3 aromatic rings. The predicted octanol–water partition coefficient (Wildman–Crippen LogP) is 4.54. The summed E-state index contributed by atoms with van der Waals surface area (Å²) in [5, 5.41) is 9.42. The second-order valence-corrected chi connectivity index (χ2v) is 7.18. The minimum atomic E-state index is -0.0254. The lowest BCUT2D eigenvalue weighted by molar-refractivity contribution is -0.116. The minimum absolute atomic E-state index is 0.0254. The summed E-state index contributed by atoms with van der Waals surface area (Å²) in [5.74, 6) is 0.212. The molecule has 0 radical (unpaired) electrons. The van der Waals surface area contributed by atoms with Crippen molar-refractivity contribution < 1.29 is 4.79 Å². The molecule has 0 spiro atoms. The van der Waals surface area contributed by atoms with Crippen molar-refractivity contribution in [1.82, 2.24) is 14.8 Å². The van der Waals surface area contributed by atoms with Gasteiger partial charge in [-0.05, 0) is 36.8 Å². The number of rotatable bonds is 7. The van der Waals surface area contributed by atoms with Crippen LogP contribution in [0.25, 0.3) is 5.69 Å². The third kappa shape index (κ3) is 4.59. The Bertz CT molecular complexity index is 942. The molecule has 1 aromatic heterocycles. The lowest BCUT2D eigenvalue weighted by atomic mass is 10.2. The number of carbonyl (C=O) groups excluding carboxylic acids is 1. The molecule has 5 nitrogen and oxygen atoms in total. The van der Waals surface area contributed by atoms with Gasteiger partial charge in [-0.1, -0.05) is 53.7 Å². The number of anilines is 1. The Labute approximate surface area is 167 Å². The Hall–Kier alpha value is -2.57. The first-order valence-electron chi connectivity index (χ1n) is 8.36. The Morgan fingerprint density at radius 3 is 2.78 bits per heavy atom. The molecule has 0 atom stereocenters. The van der Waals surface area contributed by atoms with E-state index in [2.05, 4.69) is 16.8 Å². The van der Waals surface area contributed by atoms with Gasteiger partial charge in [0.15, 0.2) is 5.16 Å². The zero-order valence-electron chi connectivity index (χ0n) is 14.9. The smallest absolute Gasteiger partial charge is 0.237 e. The first kappa shape index (κ1) is 19.2. The number of amides is 1. The fourth-order valence-electron chi connectivity index (χ4n) is 2.52. The van der Waals surface area contributed by atoms with Crippen LogP contribution in [0, 0.1) is 6.92 Å². The van der Waals surface area contributed by atoms with Gasteiger partial charge in [0.05, 0.1) is 11.4 Å². The number of carbonyl (C=O) groups is 1. The highest BCUT2D eigenvalue weighted by Crippen LogP contribution is 2.24.